The van der Waals surface area contributed by atoms with Gasteiger partial charge in [0.25, 0.3) is 0 Å². The fourth-order valence-electron chi connectivity index (χ4n) is 0.945. The molecule has 0 N–H and O–H groups in total. The summed E-state index contributed by atoms with van der Waals surface area (Å²) in [4.78, 5) is 0. The molecule has 0 radical (unpaired) electrons. The lowest BCUT2D eigenvalue weighted by Gasteiger charge is -2.04. The molecule has 0 atom stereocenters. The van der Waals surface area contributed by atoms with Gasteiger partial charge >= 0.3 is 0 Å². The van der Waals surface area contributed by atoms with Crippen LogP contribution in [0.4, 0.5) is 0 Å². The quantitative estimate of drug-likeness (QED) is 0.566. The summed E-state index contributed by atoms with van der Waals surface area (Å²) in [5.74, 6) is 0.923. The fraction of sp³-hybridized carbons (Fsp3) is 0.273. The first-order valence-electron chi connectivity index (χ1n) is 4.28. The van der Waals surface area contributed by atoms with Crippen molar-refractivity contribution in [1.29, 1.82) is 0 Å². The van der Waals surface area contributed by atoms with Crippen molar-refractivity contribution in [3.8, 4) is 5.75 Å². The van der Waals surface area contributed by atoms with Crippen molar-refractivity contribution >= 4 is 22.0 Å². The molecule has 0 amide bonds. The Hall–Kier alpha value is -0.760. The van der Waals surface area contributed by atoms with Gasteiger partial charge in [-0.1, -0.05) is 40.7 Å². The van der Waals surface area contributed by atoms with Gasteiger partial charge in [-0.15, -0.1) is 0 Å². The Morgan fingerprint density at radius 2 is 2.00 bits per heavy atom. The lowest BCUT2D eigenvalue weighted by molar-refractivity contribution is 0.319. The number of alkyl halides is 1. The molecule has 0 fully saturated rings. The molecule has 0 bridgehead atoms. The van der Waals surface area contributed by atoms with E-state index in [9.17, 15) is 0 Å². The maximum absolute atomic E-state index is 5.48. The topological polar surface area (TPSA) is 9.23 Å². The van der Waals surface area contributed by atoms with Gasteiger partial charge in [0.2, 0.25) is 0 Å². The molecule has 70 valence electrons. The van der Waals surface area contributed by atoms with E-state index in [2.05, 4.69) is 22.5 Å². The molecule has 2 heteroatoms. The van der Waals surface area contributed by atoms with Gasteiger partial charge in [-0.25, -0.2) is 0 Å². The second kappa shape index (κ2) is 5.81. The van der Waals surface area contributed by atoms with E-state index in [0.29, 0.717) is 0 Å². The predicted molar refractivity (Wildman–Crippen MR) is 60.4 cm³/mol. The average Bonchev–Trinajstić information content (AvgIpc) is 2.19. The number of benzene rings is 1. The van der Waals surface area contributed by atoms with Crippen LogP contribution in [0, 0.1) is 0 Å². The Morgan fingerprint density at radius 3 is 2.54 bits per heavy atom. The van der Waals surface area contributed by atoms with Crippen molar-refractivity contribution in [2.45, 2.75) is 6.42 Å². The van der Waals surface area contributed by atoms with Gasteiger partial charge in [0.05, 0.1) is 6.61 Å². The number of halogens is 1. The lowest BCUT2D eigenvalue weighted by atomic mass is 10.2. The highest BCUT2D eigenvalue weighted by Gasteiger charge is 1.92. The van der Waals surface area contributed by atoms with E-state index in [0.717, 1.165) is 29.7 Å². The van der Waals surface area contributed by atoms with Gasteiger partial charge in [0.1, 0.15) is 5.75 Å². The Bertz CT molecular complexity index is 253. The summed E-state index contributed by atoms with van der Waals surface area (Å²) in [6, 6.07) is 7.92. The van der Waals surface area contributed by atoms with Crippen molar-refractivity contribution in [3.63, 3.8) is 0 Å². The van der Waals surface area contributed by atoms with Crippen molar-refractivity contribution in [1.82, 2.24) is 0 Å². The molecule has 0 saturated carbocycles. The van der Waals surface area contributed by atoms with Crippen molar-refractivity contribution in [2.75, 3.05) is 11.9 Å². The Morgan fingerprint density at radius 1 is 1.31 bits per heavy atom. The SMILES string of the molecule is C=Cc1ccc(OCCCBr)cc1. The molecular weight excluding hydrogens is 228 g/mol. The molecule has 13 heavy (non-hydrogen) atoms. The summed E-state index contributed by atoms with van der Waals surface area (Å²) < 4.78 is 5.48. The van der Waals surface area contributed by atoms with Crippen molar-refractivity contribution < 1.29 is 4.74 Å². The van der Waals surface area contributed by atoms with E-state index in [-0.39, 0.29) is 0 Å². The largest absolute Gasteiger partial charge is 0.494 e. The Balaban J connectivity index is 2.44. The molecule has 0 aromatic heterocycles. The number of hydrogen-bond donors (Lipinski definition) is 0. The standard InChI is InChI=1S/C11H13BrO/c1-2-10-4-6-11(7-5-10)13-9-3-8-12/h2,4-7H,1,3,8-9H2. The lowest BCUT2D eigenvalue weighted by Crippen LogP contribution is -1.97. The molecule has 0 aliphatic rings. The molecule has 0 spiro atoms. The third kappa shape index (κ3) is 3.64. The van der Waals surface area contributed by atoms with Crippen molar-refractivity contribution in [3.05, 3.63) is 36.4 Å². The van der Waals surface area contributed by atoms with E-state index >= 15 is 0 Å². The average molecular weight is 241 g/mol. The number of rotatable bonds is 5. The molecular formula is C11H13BrO. The third-order valence-corrected chi connectivity index (χ3v) is 2.22. The zero-order chi connectivity index (χ0) is 9.52. The van der Waals surface area contributed by atoms with E-state index in [1.165, 1.54) is 0 Å². The molecule has 1 nitrogen and oxygen atoms in total. The number of hydrogen-bond acceptors (Lipinski definition) is 1. The maximum Gasteiger partial charge on any atom is 0.119 e. The molecule has 1 aromatic rings. The molecule has 0 aliphatic heterocycles. The minimum absolute atomic E-state index is 0.763. The monoisotopic (exact) mass is 240 g/mol. The third-order valence-electron chi connectivity index (χ3n) is 1.66. The highest BCUT2D eigenvalue weighted by molar-refractivity contribution is 9.09. The van der Waals surface area contributed by atoms with Crippen LogP contribution in [0.15, 0.2) is 30.8 Å². The minimum Gasteiger partial charge on any atom is -0.494 e. The van der Waals surface area contributed by atoms with Gasteiger partial charge in [-0.2, -0.15) is 0 Å². The first-order valence-corrected chi connectivity index (χ1v) is 5.40. The summed E-state index contributed by atoms with van der Waals surface area (Å²) in [6.45, 7) is 4.45. The maximum atomic E-state index is 5.48. The highest BCUT2D eigenvalue weighted by atomic mass is 79.9. The van der Waals surface area contributed by atoms with Gasteiger partial charge in [0, 0.05) is 5.33 Å². The molecule has 0 saturated heterocycles. The van der Waals surface area contributed by atoms with Crippen LogP contribution in [-0.2, 0) is 0 Å². The predicted octanol–water partition coefficient (Wildman–Crippen LogP) is 3.49. The first kappa shape index (κ1) is 10.3. The number of ether oxygens (including phenoxy) is 1. The van der Waals surface area contributed by atoms with Gasteiger partial charge in [0.15, 0.2) is 0 Å². The van der Waals surface area contributed by atoms with Crippen LogP contribution >= 0.6 is 15.9 Å². The zero-order valence-electron chi connectivity index (χ0n) is 7.50. The van der Waals surface area contributed by atoms with Crippen LogP contribution in [0.1, 0.15) is 12.0 Å². The summed E-state index contributed by atoms with van der Waals surface area (Å²) >= 11 is 3.35. The van der Waals surface area contributed by atoms with E-state index in [1.807, 2.05) is 30.3 Å². The van der Waals surface area contributed by atoms with E-state index in [1.54, 1.807) is 0 Å². The Labute approximate surface area is 87.5 Å². The van der Waals surface area contributed by atoms with Crippen LogP contribution in [0.5, 0.6) is 5.75 Å². The molecule has 1 rings (SSSR count). The summed E-state index contributed by atoms with van der Waals surface area (Å²) in [6.07, 6.45) is 2.85. The molecule has 0 heterocycles. The fourth-order valence-corrected chi connectivity index (χ4v) is 1.17. The van der Waals surface area contributed by atoms with Crippen LogP contribution in [0.2, 0.25) is 0 Å². The van der Waals surface area contributed by atoms with Crippen LogP contribution in [0.25, 0.3) is 6.08 Å². The van der Waals surface area contributed by atoms with Crippen LogP contribution in [0.3, 0.4) is 0 Å². The zero-order valence-corrected chi connectivity index (χ0v) is 9.09. The molecule has 0 aliphatic carbocycles. The van der Waals surface area contributed by atoms with E-state index in [4.69, 9.17) is 4.74 Å². The molecule has 0 unspecified atom stereocenters. The second-order valence-corrected chi connectivity index (χ2v) is 3.46. The van der Waals surface area contributed by atoms with E-state index < -0.39 is 0 Å². The van der Waals surface area contributed by atoms with Crippen LogP contribution < -0.4 is 4.74 Å². The summed E-state index contributed by atoms with van der Waals surface area (Å²) in [5, 5.41) is 0.984. The summed E-state index contributed by atoms with van der Waals surface area (Å²) in [7, 11) is 0. The highest BCUT2D eigenvalue weighted by Crippen LogP contribution is 2.12. The first-order chi connectivity index (χ1) is 6.36. The van der Waals surface area contributed by atoms with Gasteiger partial charge in [-0.05, 0) is 24.1 Å². The molecule has 1 aromatic carbocycles. The smallest absolute Gasteiger partial charge is 0.119 e. The van der Waals surface area contributed by atoms with Gasteiger partial charge < -0.3 is 4.74 Å². The normalized spacial score (nSPS) is 9.62. The van der Waals surface area contributed by atoms with Gasteiger partial charge in [-0.3, -0.25) is 0 Å². The Kier molecular flexibility index (Phi) is 4.61. The van der Waals surface area contributed by atoms with Crippen molar-refractivity contribution in [2.24, 2.45) is 0 Å². The summed E-state index contributed by atoms with van der Waals surface area (Å²) in [5.41, 5.74) is 1.12. The minimum atomic E-state index is 0.763. The second-order valence-electron chi connectivity index (χ2n) is 2.66. The van der Waals surface area contributed by atoms with Crippen LogP contribution in [-0.4, -0.2) is 11.9 Å².